The minimum absolute atomic E-state index is 0.104. The summed E-state index contributed by atoms with van der Waals surface area (Å²) in [7, 11) is 0. The first-order chi connectivity index (χ1) is 17.1. The number of hydrogen-bond donors (Lipinski definition) is 7. The predicted octanol–water partition coefficient (Wildman–Crippen LogP) is 3.02. The van der Waals surface area contributed by atoms with E-state index < -0.39 is 79.7 Å². The maximum atomic E-state index is 13.1. The molecular formula is C25H16O11. The van der Waals surface area contributed by atoms with Gasteiger partial charge in [-0.05, 0) is 30.3 Å². The number of fused-ring (bicyclic) bond motifs is 2. The van der Waals surface area contributed by atoms with Gasteiger partial charge in [0.2, 0.25) is 11.5 Å². The summed E-state index contributed by atoms with van der Waals surface area (Å²) >= 11 is 0. The molecule has 0 aliphatic carbocycles. The van der Waals surface area contributed by atoms with Crippen molar-refractivity contribution < 1.29 is 44.6 Å². The second-order valence-corrected chi connectivity index (χ2v) is 7.92. The van der Waals surface area contributed by atoms with E-state index in [2.05, 4.69) is 0 Å². The van der Waals surface area contributed by atoms with E-state index in [1.807, 2.05) is 0 Å². The second-order valence-electron chi connectivity index (χ2n) is 7.92. The molecular weight excluding hydrogens is 476 g/mol. The van der Waals surface area contributed by atoms with Gasteiger partial charge in [0.25, 0.3) is 0 Å². The third kappa shape index (κ3) is 3.14. The number of phenolic OH excluding ortho intramolecular Hbond substituents is 5. The number of rotatable bonds is 3. The highest BCUT2D eigenvalue weighted by Gasteiger charge is 2.35. The fraction of sp³-hybridized carbons (Fsp3) is 0.0400. The van der Waals surface area contributed by atoms with Crippen molar-refractivity contribution >= 4 is 21.9 Å². The Morgan fingerprint density at radius 3 is 1.42 bits per heavy atom. The van der Waals surface area contributed by atoms with Crippen molar-refractivity contribution in [1.29, 1.82) is 0 Å². The fourth-order valence-corrected chi connectivity index (χ4v) is 4.18. The Labute approximate surface area is 199 Å². The van der Waals surface area contributed by atoms with Gasteiger partial charge < -0.3 is 44.6 Å². The van der Waals surface area contributed by atoms with Crippen LogP contribution in [-0.2, 0) is 0 Å². The highest BCUT2D eigenvalue weighted by Crippen LogP contribution is 2.47. The average molecular weight is 492 g/mol. The van der Waals surface area contributed by atoms with Gasteiger partial charge in [-0.3, -0.25) is 0 Å². The van der Waals surface area contributed by atoms with Gasteiger partial charge in [0.1, 0.15) is 17.2 Å². The summed E-state index contributed by atoms with van der Waals surface area (Å²) in [5, 5.41) is 72.0. The van der Waals surface area contributed by atoms with Crippen molar-refractivity contribution in [2.75, 3.05) is 0 Å². The van der Waals surface area contributed by atoms with Crippen molar-refractivity contribution in [3.05, 3.63) is 86.1 Å². The Morgan fingerprint density at radius 2 is 0.972 bits per heavy atom. The first-order valence-electron chi connectivity index (χ1n) is 10.3. The van der Waals surface area contributed by atoms with Gasteiger partial charge in [0.15, 0.2) is 22.7 Å². The van der Waals surface area contributed by atoms with E-state index in [9.17, 15) is 45.3 Å². The highest BCUT2D eigenvalue weighted by atomic mass is 16.4. The molecule has 0 aliphatic heterocycles. The summed E-state index contributed by atoms with van der Waals surface area (Å²) in [5.74, 6) is -6.48. The van der Waals surface area contributed by atoms with E-state index in [0.717, 1.165) is 24.3 Å². The molecule has 0 atom stereocenters. The van der Waals surface area contributed by atoms with Crippen molar-refractivity contribution in [2.45, 2.75) is 5.92 Å². The van der Waals surface area contributed by atoms with Crippen LogP contribution in [-0.4, -0.2) is 35.7 Å². The zero-order valence-electron chi connectivity index (χ0n) is 18.0. The van der Waals surface area contributed by atoms with Crippen molar-refractivity contribution in [3.63, 3.8) is 0 Å². The van der Waals surface area contributed by atoms with Crippen LogP contribution in [0.4, 0.5) is 0 Å². The Bertz CT molecular complexity index is 1700. The lowest BCUT2D eigenvalue weighted by molar-refractivity contribution is 0.391. The van der Waals surface area contributed by atoms with Gasteiger partial charge in [-0.15, -0.1) is 0 Å². The normalized spacial score (nSPS) is 11.5. The number of aromatic hydroxyl groups is 7. The zero-order valence-corrected chi connectivity index (χ0v) is 18.0. The van der Waals surface area contributed by atoms with E-state index in [0.29, 0.717) is 0 Å². The van der Waals surface area contributed by atoms with Gasteiger partial charge in [-0.1, -0.05) is 18.2 Å². The summed E-state index contributed by atoms with van der Waals surface area (Å²) in [5.41, 5.74) is -4.89. The molecule has 0 amide bonds. The molecule has 2 heterocycles. The average Bonchev–Trinajstić information content (AvgIpc) is 2.84. The van der Waals surface area contributed by atoms with E-state index in [1.54, 1.807) is 0 Å². The zero-order chi connectivity index (χ0) is 25.9. The third-order valence-electron chi connectivity index (χ3n) is 5.90. The smallest absolute Gasteiger partial charge is 0.344 e. The molecule has 0 saturated carbocycles. The summed E-state index contributed by atoms with van der Waals surface area (Å²) < 4.78 is 10.3. The molecule has 0 bridgehead atoms. The fourth-order valence-electron chi connectivity index (χ4n) is 4.18. The number of benzene rings is 3. The molecule has 0 aliphatic rings. The molecule has 7 N–H and O–H groups in total. The van der Waals surface area contributed by atoms with Gasteiger partial charge in [-0.2, -0.15) is 0 Å². The summed E-state index contributed by atoms with van der Waals surface area (Å²) in [6, 6.07) is 9.87. The van der Waals surface area contributed by atoms with E-state index in [-0.39, 0.29) is 16.3 Å². The topological polar surface area (TPSA) is 202 Å². The van der Waals surface area contributed by atoms with E-state index in [4.69, 9.17) is 8.83 Å². The van der Waals surface area contributed by atoms with Crippen molar-refractivity contribution in [1.82, 2.24) is 0 Å². The monoisotopic (exact) mass is 492 g/mol. The SMILES string of the molecule is O=c1oc2c(O)c(O)ccc2c(O)c1C(c1ccccc1O)c1c(O)c2ccc(O)c(O)c2oc1=O. The maximum absolute atomic E-state index is 13.1. The van der Waals surface area contributed by atoms with Crippen LogP contribution in [0, 0.1) is 0 Å². The molecule has 36 heavy (non-hydrogen) atoms. The predicted molar refractivity (Wildman–Crippen MR) is 124 cm³/mol. The van der Waals surface area contributed by atoms with Crippen LogP contribution in [0.15, 0.2) is 67.0 Å². The number of phenols is 5. The third-order valence-corrected chi connectivity index (χ3v) is 5.90. The van der Waals surface area contributed by atoms with Crippen molar-refractivity contribution in [2.24, 2.45) is 0 Å². The molecule has 5 rings (SSSR count). The lowest BCUT2D eigenvalue weighted by Crippen LogP contribution is -2.21. The van der Waals surface area contributed by atoms with Gasteiger partial charge in [0.05, 0.1) is 27.8 Å². The molecule has 0 radical (unpaired) electrons. The van der Waals surface area contributed by atoms with Crippen molar-refractivity contribution in [3.8, 4) is 40.2 Å². The Kier molecular flexibility index (Phi) is 4.92. The molecule has 2 aromatic heterocycles. The molecule has 11 heteroatoms. The minimum Gasteiger partial charge on any atom is -0.508 e. The number of hydrogen-bond acceptors (Lipinski definition) is 11. The largest absolute Gasteiger partial charge is 0.508 e. The molecule has 11 nitrogen and oxygen atoms in total. The Morgan fingerprint density at radius 1 is 0.528 bits per heavy atom. The summed E-state index contributed by atoms with van der Waals surface area (Å²) in [6.07, 6.45) is 0. The van der Waals surface area contributed by atoms with Crippen LogP contribution in [0.1, 0.15) is 22.6 Å². The van der Waals surface area contributed by atoms with Gasteiger partial charge >= 0.3 is 11.3 Å². The lowest BCUT2D eigenvalue weighted by Gasteiger charge is -2.20. The second kappa shape index (κ2) is 7.87. The molecule has 3 aromatic carbocycles. The molecule has 182 valence electrons. The standard InChI is InChI=1S/C25H16O11/c26-12-4-2-1-3-9(12)15(16-18(29)10-5-7-13(27)20(31)22(10)35-24(16)33)17-19(30)11-6-8-14(28)21(32)23(11)36-25(17)34/h1-8,15,26-32H. The van der Waals surface area contributed by atoms with E-state index >= 15 is 0 Å². The van der Waals surface area contributed by atoms with Crippen LogP contribution in [0.3, 0.4) is 0 Å². The Hall–Kier alpha value is -5.32. The minimum atomic E-state index is -1.67. The number of para-hydroxylation sites is 1. The van der Waals surface area contributed by atoms with Crippen LogP contribution in [0.25, 0.3) is 21.9 Å². The summed E-state index contributed by atoms with van der Waals surface area (Å²) in [4.78, 5) is 26.2. The van der Waals surface area contributed by atoms with Crippen LogP contribution < -0.4 is 11.3 Å². The van der Waals surface area contributed by atoms with Crippen LogP contribution in [0.5, 0.6) is 40.2 Å². The lowest BCUT2D eigenvalue weighted by atomic mass is 9.84. The van der Waals surface area contributed by atoms with E-state index in [1.165, 1.54) is 24.3 Å². The van der Waals surface area contributed by atoms with Crippen LogP contribution in [0.2, 0.25) is 0 Å². The first kappa shape index (κ1) is 22.5. The molecule has 5 aromatic rings. The first-order valence-corrected chi connectivity index (χ1v) is 10.3. The van der Waals surface area contributed by atoms with Gasteiger partial charge in [-0.25, -0.2) is 9.59 Å². The summed E-state index contributed by atoms with van der Waals surface area (Å²) in [6.45, 7) is 0. The van der Waals surface area contributed by atoms with Crippen LogP contribution >= 0.6 is 0 Å². The highest BCUT2D eigenvalue weighted by molar-refractivity contribution is 5.92. The molecule has 0 unspecified atom stereocenters. The Balaban J connectivity index is 1.94. The maximum Gasteiger partial charge on any atom is 0.344 e. The molecule has 0 spiro atoms. The quantitative estimate of drug-likeness (QED) is 0.144. The van der Waals surface area contributed by atoms with Gasteiger partial charge in [0, 0.05) is 5.56 Å². The molecule has 0 saturated heterocycles. The molecule has 0 fully saturated rings.